The molecule has 62 valence electrons. The molecule has 0 saturated carbocycles. The number of halogens is 1. The molecule has 1 amide bonds. The third kappa shape index (κ3) is 0.894. The first kappa shape index (κ1) is 7.80. The predicted molar refractivity (Wildman–Crippen MR) is 50.0 cm³/mol. The first-order valence-electron chi connectivity index (χ1n) is 3.80. The van der Waals surface area contributed by atoms with Crippen molar-refractivity contribution in [2.45, 2.75) is 13.0 Å². The highest BCUT2D eigenvalue weighted by Crippen LogP contribution is 2.34. The van der Waals surface area contributed by atoms with Crippen molar-refractivity contribution >= 4 is 22.1 Å². The molecule has 12 heavy (non-hydrogen) atoms. The molecule has 0 fully saturated rings. The maximum atomic E-state index is 11.5. The Hall–Kier alpha value is -0.830. The third-order valence-corrected chi connectivity index (χ3v) is 3.11. The molecule has 2 nitrogen and oxygen atoms in total. The lowest BCUT2D eigenvalue weighted by Gasteiger charge is -2.11. The van der Waals surface area contributed by atoms with Crippen LogP contribution in [-0.2, 0) is 0 Å². The lowest BCUT2D eigenvalue weighted by molar-refractivity contribution is 0.0879. The summed E-state index contributed by atoms with van der Waals surface area (Å²) in [6.45, 7) is 2.00. The summed E-state index contributed by atoms with van der Waals surface area (Å²) in [5.74, 6) is 0.0538. The van der Waals surface area contributed by atoms with Crippen LogP contribution in [0.4, 0.5) is 0 Å². The summed E-state index contributed by atoms with van der Waals surface area (Å²) in [6.07, 6.45) is 0. The van der Waals surface area contributed by atoms with E-state index in [9.17, 15) is 4.79 Å². The van der Waals surface area contributed by atoms with E-state index in [1.54, 1.807) is 3.93 Å². The summed E-state index contributed by atoms with van der Waals surface area (Å²) in [5.41, 5.74) is 1.90. The van der Waals surface area contributed by atoms with Gasteiger partial charge in [-0.15, -0.1) is 0 Å². The number of rotatable bonds is 0. The highest BCUT2D eigenvalue weighted by Gasteiger charge is 2.31. The van der Waals surface area contributed by atoms with Crippen molar-refractivity contribution in [2.75, 3.05) is 0 Å². The predicted octanol–water partition coefficient (Wildman–Crippen LogP) is 2.51. The number of carbonyl (C=O) groups is 1. The van der Waals surface area contributed by atoms with Crippen LogP contribution < -0.4 is 0 Å². The molecule has 0 aromatic heterocycles. The zero-order valence-corrected chi connectivity index (χ0v) is 8.21. The lowest BCUT2D eigenvalue weighted by Crippen LogP contribution is -2.13. The van der Waals surface area contributed by atoms with Crippen molar-refractivity contribution in [3.63, 3.8) is 0 Å². The zero-order chi connectivity index (χ0) is 8.72. The maximum Gasteiger partial charge on any atom is 0.264 e. The summed E-state index contributed by atoms with van der Waals surface area (Å²) in [5, 5.41) is 0. The van der Waals surface area contributed by atoms with Crippen LogP contribution in [0.5, 0.6) is 0 Å². The summed E-state index contributed by atoms with van der Waals surface area (Å²) in [7, 11) is 0. The Labute approximate surface area is 79.5 Å². The van der Waals surface area contributed by atoms with Gasteiger partial charge in [-0.3, -0.25) is 8.72 Å². The minimum atomic E-state index is 0.0538. The van der Waals surface area contributed by atoms with E-state index in [1.165, 1.54) is 0 Å². The van der Waals surface area contributed by atoms with Crippen molar-refractivity contribution in [3.8, 4) is 0 Å². The fourth-order valence-corrected chi connectivity index (χ4v) is 1.88. The molecule has 0 N–H and O–H groups in total. The first-order valence-corrected chi connectivity index (χ1v) is 4.51. The average molecular weight is 226 g/mol. The second-order valence-electron chi connectivity index (χ2n) is 2.88. The molecular formula is C9H8BrNO. The van der Waals surface area contributed by atoms with Gasteiger partial charge in [0.2, 0.25) is 0 Å². The Kier molecular flexibility index (Phi) is 1.68. The van der Waals surface area contributed by atoms with Gasteiger partial charge < -0.3 is 0 Å². The molecule has 2 rings (SSSR count). The summed E-state index contributed by atoms with van der Waals surface area (Å²) < 4.78 is 1.58. The van der Waals surface area contributed by atoms with E-state index in [-0.39, 0.29) is 11.9 Å². The van der Waals surface area contributed by atoms with Crippen LogP contribution in [0.15, 0.2) is 24.3 Å². The second-order valence-corrected chi connectivity index (χ2v) is 3.64. The Morgan fingerprint density at radius 2 is 2.08 bits per heavy atom. The Bertz CT molecular complexity index is 337. The van der Waals surface area contributed by atoms with Crippen molar-refractivity contribution in [1.82, 2.24) is 3.93 Å². The van der Waals surface area contributed by atoms with Gasteiger partial charge >= 0.3 is 0 Å². The number of hydrogen-bond acceptors (Lipinski definition) is 1. The van der Waals surface area contributed by atoms with E-state index >= 15 is 0 Å². The van der Waals surface area contributed by atoms with Gasteiger partial charge in [0.15, 0.2) is 0 Å². The number of nitrogens with zero attached hydrogens (tertiary/aromatic N) is 1. The van der Waals surface area contributed by atoms with Gasteiger partial charge in [-0.1, -0.05) is 18.2 Å². The van der Waals surface area contributed by atoms with Crippen LogP contribution in [0.3, 0.4) is 0 Å². The molecule has 3 heteroatoms. The van der Waals surface area contributed by atoms with Crippen LogP contribution in [0, 0.1) is 0 Å². The molecule has 1 atom stereocenters. The molecule has 0 bridgehead atoms. The van der Waals surface area contributed by atoms with Crippen molar-refractivity contribution in [1.29, 1.82) is 0 Å². The minimum absolute atomic E-state index is 0.0538. The van der Waals surface area contributed by atoms with Gasteiger partial charge in [-0.25, -0.2) is 0 Å². The maximum absolute atomic E-state index is 11.5. The Balaban J connectivity index is 2.59. The number of benzene rings is 1. The molecule has 0 spiro atoms. The van der Waals surface area contributed by atoms with E-state index in [2.05, 4.69) is 16.1 Å². The number of carbonyl (C=O) groups excluding carboxylic acids is 1. The minimum Gasteiger partial charge on any atom is -0.268 e. The average Bonchev–Trinajstić information content (AvgIpc) is 2.33. The van der Waals surface area contributed by atoms with Crippen LogP contribution in [0.2, 0.25) is 0 Å². The molecule has 0 saturated heterocycles. The van der Waals surface area contributed by atoms with Crippen molar-refractivity contribution < 1.29 is 4.79 Å². The highest BCUT2D eigenvalue weighted by molar-refractivity contribution is 9.07. The smallest absolute Gasteiger partial charge is 0.264 e. The molecule has 1 aromatic carbocycles. The molecule has 1 heterocycles. The van der Waals surface area contributed by atoms with E-state index in [0.29, 0.717) is 0 Å². The summed E-state index contributed by atoms with van der Waals surface area (Å²) >= 11 is 3.23. The van der Waals surface area contributed by atoms with Gasteiger partial charge in [0, 0.05) is 5.56 Å². The summed E-state index contributed by atoms with van der Waals surface area (Å²) in [4.78, 5) is 11.5. The van der Waals surface area contributed by atoms with Crippen molar-refractivity contribution in [2.24, 2.45) is 0 Å². The number of fused-ring (bicyclic) bond motifs is 1. The van der Waals surface area contributed by atoms with Gasteiger partial charge in [0.25, 0.3) is 5.91 Å². The van der Waals surface area contributed by atoms with Crippen LogP contribution in [0.25, 0.3) is 0 Å². The quantitative estimate of drug-likeness (QED) is 0.622. The molecule has 1 aliphatic heterocycles. The molecule has 1 unspecified atom stereocenters. The fraction of sp³-hybridized carbons (Fsp3) is 0.222. The van der Waals surface area contributed by atoms with Gasteiger partial charge in [0.1, 0.15) is 0 Å². The van der Waals surface area contributed by atoms with Crippen LogP contribution in [-0.4, -0.2) is 9.83 Å². The van der Waals surface area contributed by atoms with Gasteiger partial charge in [0.05, 0.1) is 22.2 Å². The molecule has 1 aromatic rings. The molecule has 1 aliphatic rings. The monoisotopic (exact) mass is 225 g/mol. The van der Waals surface area contributed by atoms with E-state index in [1.807, 2.05) is 31.2 Å². The zero-order valence-electron chi connectivity index (χ0n) is 6.62. The standard InChI is InChI=1S/C9H8BrNO/c1-6-7-4-2-3-5-8(7)9(12)11(6)10/h2-6H,1H3. The normalized spacial score (nSPS) is 21.3. The second kappa shape index (κ2) is 2.59. The topological polar surface area (TPSA) is 20.3 Å². The van der Waals surface area contributed by atoms with Gasteiger partial charge in [-0.2, -0.15) is 0 Å². The largest absolute Gasteiger partial charge is 0.268 e. The van der Waals surface area contributed by atoms with E-state index in [4.69, 9.17) is 0 Å². The Morgan fingerprint density at radius 1 is 1.42 bits per heavy atom. The SMILES string of the molecule is CC1c2ccccc2C(=O)N1Br. The fourth-order valence-electron chi connectivity index (χ4n) is 1.47. The highest BCUT2D eigenvalue weighted by atomic mass is 79.9. The molecule has 0 radical (unpaired) electrons. The van der Waals surface area contributed by atoms with Crippen LogP contribution in [0.1, 0.15) is 28.9 Å². The molecule has 0 aliphatic carbocycles. The molecular weight excluding hydrogens is 218 g/mol. The number of amides is 1. The van der Waals surface area contributed by atoms with Crippen molar-refractivity contribution in [3.05, 3.63) is 35.4 Å². The third-order valence-electron chi connectivity index (χ3n) is 2.18. The van der Waals surface area contributed by atoms with Gasteiger partial charge in [-0.05, 0) is 18.6 Å². The summed E-state index contributed by atoms with van der Waals surface area (Å²) in [6, 6.07) is 7.83. The lowest BCUT2D eigenvalue weighted by atomic mass is 10.1. The first-order chi connectivity index (χ1) is 5.72. The number of hydrogen-bond donors (Lipinski definition) is 0. The Morgan fingerprint density at radius 3 is 2.75 bits per heavy atom. The van der Waals surface area contributed by atoms with E-state index < -0.39 is 0 Å². The van der Waals surface area contributed by atoms with E-state index in [0.717, 1.165) is 11.1 Å². The van der Waals surface area contributed by atoms with Crippen LogP contribution >= 0.6 is 16.1 Å².